The molecular formula is C24H28N2O3S. The molecule has 0 N–H and O–H groups in total. The van der Waals surface area contributed by atoms with Crippen LogP contribution in [0.4, 0.5) is 0 Å². The number of aryl methyl sites for hydroxylation is 2. The lowest BCUT2D eigenvalue weighted by atomic mass is 9.93. The standard InChI is InChI=1S/C24H28N2O3S/c1-24(2)14-17(12-13-29-24)26-21(27)20-18-10-6-7-11-19(18)30-22(20)25(23(26)28)15-16-8-4-3-5-9-16/h3-5,8-9,17H,6-7,10-15H2,1-2H3/t17-/m0/s1. The molecule has 2 aliphatic rings. The molecule has 5 rings (SSSR count). The fourth-order valence-electron chi connectivity index (χ4n) is 5.03. The van der Waals surface area contributed by atoms with Crippen LogP contribution in [-0.4, -0.2) is 21.3 Å². The van der Waals surface area contributed by atoms with Crippen molar-refractivity contribution in [2.24, 2.45) is 0 Å². The van der Waals surface area contributed by atoms with E-state index in [9.17, 15) is 9.59 Å². The summed E-state index contributed by atoms with van der Waals surface area (Å²) in [7, 11) is 0. The predicted octanol–water partition coefficient (Wildman–Crippen LogP) is 4.28. The van der Waals surface area contributed by atoms with Crippen molar-refractivity contribution < 1.29 is 4.74 Å². The van der Waals surface area contributed by atoms with Gasteiger partial charge in [-0.1, -0.05) is 30.3 Å². The Labute approximate surface area is 179 Å². The largest absolute Gasteiger partial charge is 0.375 e. The van der Waals surface area contributed by atoms with Crippen molar-refractivity contribution in [3.63, 3.8) is 0 Å². The van der Waals surface area contributed by atoms with E-state index in [1.165, 1.54) is 10.4 Å². The van der Waals surface area contributed by atoms with E-state index in [4.69, 9.17) is 4.74 Å². The van der Waals surface area contributed by atoms with Gasteiger partial charge in [0.25, 0.3) is 5.56 Å². The Hall–Kier alpha value is -2.18. The highest BCUT2D eigenvalue weighted by atomic mass is 32.1. The van der Waals surface area contributed by atoms with E-state index in [1.54, 1.807) is 15.9 Å². The molecule has 1 saturated heterocycles. The SMILES string of the molecule is CC1(C)C[C@@H](n2c(=O)c3c4c(sc3n(Cc3ccccc3)c2=O)CCCC4)CCO1. The van der Waals surface area contributed by atoms with E-state index in [2.05, 4.69) is 0 Å². The topological polar surface area (TPSA) is 53.2 Å². The number of aromatic nitrogens is 2. The van der Waals surface area contributed by atoms with Crippen LogP contribution < -0.4 is 11.2 Å². The van der Waals surface area contributed by atoms with Crippen molar-refractivity contribution in [3.05, 3.63) is 67.2 Å². The van der Waals surface area contributed by atoms with Gasteiger partial charge in [0.1, 0.15) is 4.83 Å². The third kappa shape index (κ3) is 3.36. The molecule has 1 aliphatic carbocycles. The van der Waals surface area contributed by atoms with Crippen LogP contribution in [0, 0.1) is 0 Å². The maximum atomic E-state index is 13.7. The van der Waals surface area contributed by atoms with Gasteiger partial charge in [-0.3, -0.25) is 13.9 Å². The molecule has 1 aliphatic heterocycles. The average Bonchev–Trinajstić information content (AvgIpc) is 3.11. The monoisotopic (exact) mass is 424 g/mol. The van der Waals surface area contributed by atoms with E-state index in [1.807, 2.05) is 48.7 Å². The number of nitrogens with zero attached hydrogens (tertiary/aromatic N) is 2. The number of thiophene rings is 1. The van der Waals surface area contributed by atoms with Crippen LogP contribution in [0.5, 0.6) is 0 Å². The highest BCUT2D eigenvalue weighted by molar-refractivity contribution is 7.18. The molecule has 0 saturated carbocycles. The van der Waals surface area contributed by atoms with Gasteiger partial charge in [-0.2, -0.15) is 0 Å². The van der Waals surface area contributed by atoms with Crippen LogP contribution in [0.3, 0.4) is 0 Å². The summed E-state index contributed by atoms with van der Waals surface area (Å²) in [6.45, 7) is 5.14. The highest BCUT2D eigenvalue weighted by Crippen LogP contribution is 2.36. The first-order valence-electron chi connectivity index (χ1n) is 10.9. The number of rotatable bonds is 3. The van der Waals surface area contributed by atoms with Crippen LogP contribution in [0.1, 0.15) is 61.6 Å². The second-order valence-electron chi connectivity index (χ2n) is 9.18. The molecule has 1 fully saturated rings. The molecule has 6 heteroatoms. The van der Waals surface area contributed by atoms with Crippen molar-refractivity contribution >= 4 is 21.6 Å². The Morgan fingerprint density at radius 2 is 1.90 bits per heavy atom. The summed E-state index contributed by atoms with van der Waals surface area (Å²) in [4.78, 5) is 29.6. The summed E-state index contributed by atoms with van der Waals surface area (Å²) in [6.07, 6.45) is 5.59. The van der Waals surface area contributed by atoms with Crippen LogP contribution >= 0.6 is 11.3 Å². The lowest BCUT2D eigenvalue weighted by Gasteiger charge is -2.36. The fourth-order valence-corrected chi connectivity index (χ4v) is 6.41. The molecule has 3 heterocycles. The molecule has 0 spiro atoms. The molecule has 3 aromatic rings. The van der Waals surface area contributed by atoms with Gasteiger partial charge in [0, 0.05) is 17.5 Å². The summed E-state index contributed by atoms with van der Waals surface area (Å²) >= 11 is 1.65. The van der Waals surface area contributed by atoms with Gasteiger partial charge in [-0.15, -0.1) is 11.3 Å². The van der Waals surface area contributed by atoms with Crippen LogP contribution in [0.15, 0.2) is 39.9 Å². The first-order chi connectivity index (χ1) is 14.4. The van der Waals surface area contributed by atoms with Crippen molar-refractivity contribution in [3.8, 4) is 0 Å². The smallest absolute Gasteiger partial charge is 0.332 e. The zero-order valence-electron chi connectivity index (χ0n) is 17.6. The van der Waals surface area contributed by atoms with Gasteiger partial charge < -0.3 is 4.74 Å². The highest BCUT2D eigenvalue weighted by Gasteiger charge is 2.33. The second kappa shape index (κ2) is 7.50. The first kappa shape index (κ1) is 19.8. The minimum atomic E-state index is -0.331. The molecule has 0 amide bonds. The summed E-state index contributed by atoms with van der Waals surface area (Å²) < 4.78 is 9.26. The zero-order valence-corrected chi connectivity index (χ0v) is 18.5. The summed E-state index contributed by atoms with van der Waals surface area (Å²) in [6, 6.07) is 9.93. The maximum Gasteiger partial charge on any atom is 0.332 e. The average molecular weight is 425 g/mol. The molecule has 0 radical (unpaired) electrons. The molecule has 2 aromatic heterocycles. The van der Waals surface area contributed by atoms with E-state index in [0.29, 0.717) is 26.0 Å². The summed E-state index contributed by atoms with van der Waals surface area (Å²) in [5.74, 6) is 0. The van der Waals surface area contributed by atoms with Gasteiger partial charge in [0.15, 0.2) is 0 Å². The quantitative estimate of drug-likeness (QED) is 0.631. The molecule has 158 valence electrons. The maximum absolute atomic E-state index is 13.7. The Kier molecular flexibility index (Phi) is 4.94. The van der Waals surface area contributed by atoms with Crippen molar-refractivity contribution in [1.82, 2.24) is 9.13 Å². The van der Waals surface area contributed by atoms with Gasteiger partial charge >= 0.3 is 5.69 Å². The van der Waals surface area contributed by atoms with Gasteiger partial charge in [0.05, 0.1) is 17.5 Å². The Balaban J connectivity index is 1.76. The van der Waals surface area contributed by atoms with Gasteiger partial charge in [0.2, 0.25) is 0 Å². The van der Waals surface area contributed by atoms with Gasteiger partial charge in [-0.05, 0) is 63.5 Å². The lowest BCUT2D eigenvalue weighted by molar-refractivity contribution is -0.0702. The Morgan fingerprint density at radius 1 is 1.13 bits per heavy atom. The Morgan fingerprint density at radius 3 is 2.67 bits per heavy atom. The minimum Gasteiger partial charge on any atom is -0.375 e. The Bertz CT molecular complexity index is 1200. The normalized spacial score (nSPS) is 20.9. The van der Waals surface area contributed by atoms with Crippen LogP contribution in [-0.2, 0) is 24.1 Å². The zero-order chi connectivity index (χ0) is 20.9. The third-order valence-corrected chi connectivity index (χ3v) is 7.80. The van der Waals surface area contributed by atoms with Crippen molar-refractivity contribution in [2.75, 3.05) is 6.61 Å². The lowest BCUT2D eigenvalue weighted by Crippen LogP contribution is -2.46. The molecule has 1 aromatic carbocycles. The van der Waals surface area contributed by atoms with E-state index in [0.717, 1.165) is 41.5 Å². The summed E-state index contributed by atoms with van der Waals surface area (Å²) in [5.41, 5.74) is 1.65. The number of fused-ring (bicyclic) bond motifs is 3. The number of hydrogen-bond donors (Lipinski definition) is 0. The first-order valence-corrected chi connectivity index (χ1v) is 11.7. The van der Waals surface area contributed by atoms with Crippen LogP contribution in [0.25, 0.3) is 10.2 Å². The number of hydrogen-bond acceptors (Lipinski definition) is 4. The molecule has 1 atom stereocenters. The van der Waals surface area contributed by atoms with Crippen molar-refractivity contribution in [1.29, 1.82) is 0 Å². The number of benzene rings is 1. The van der Waals surface area contributed by atoms with E-state index < -0.39 is 0 Å². The van der Waals surface area contributed by atoms with Crippen molar-refractivity contribution in [2.45, 2.75) is 70.6 Å². The molecule has 0 unspecified atom stereocenters. The predicted molar refractivity (Wildman–Crippen MR) is 121 cm³/mol. The molecule has 0 bridgehead atoms. The summed E-state index contributed by atoms with van der Waals surface area (Å²) in [5, 5.41) is 0.787. The molecule has 5 nitrogen and oxygen atoms in total. The van der Waals surface area contributed by atoms with Crippen LogP contribution in [0.2, 0.25) is 0 Å². The second-order valence-corrected chi connectivity index (χ2v) is 10.3. The molecule has 30 heavy (non-hydrogen) atoms. The van der Waals surface area contributed by atoms with E-state index in [-0.39, 0.29) is 22.9 Å². The minimum absolute atomic E-state index is 0.0959. The van der Waals surface area contributed by atoms with Gasteiger partial charge in [-0.25, -0.2) is 4.79 Å². The fraction of sp³-hybridized carbons (Fsp3) is 0.500. The van der Waals surface area contributed by atoms with E-state index >= 15 is 0 Å². The number of ether oxygens (including phenoxy) is 1. The third-order valence-electron chi connectivity index (χ3n) is 6.49. The molecular weight excluding hydrogens is 396 g/mol.